The van der Waals surface area contributed by atoms with E-state index in [-0.39, 0.29) is 17.0 Å². The molecule has 2 aromatic rings. The molecule has 0 radical (unpaired) electrons. The fourth-order valence-corrected chi connectivity index (χ4v) is 6.66. The Morgan fingerprint density at radius 2 is 1.41 bits per heavy atom. The van der Waals surface area contributed by atoms with Crippen molar-refractivity contribution in [2.45, 2.75) is 41.0 Å². The minimum Gasteiger partial charge on any atom is -0.382 e. The zero-order chi connectivity index (χ0) is 32.9. The van der Waals surface area contributed by atoms with Crippen LogP contribution in [0.3, 0.4) is 0 Å². The summed E-state index contributed by atoms with van der Waals surface area (Å²) < 4.78 is 96.3. The number of amides is 2. The first-order valence-electron chi connectivity index (χ1n) is 14.9. The van der Waals surface area contributed by atoms with E-state index in [1.807, 2.05) is 0 Å². The summed E-state index contributed by atoms with van der Waals surface area (Å²) in [6.07, 6.45) is -7.39. The number of hydrogen-bond donors (Lipinski definition) is 1. The molecule has 0 aromatic heterocycles. The van der Waals surface area contributed by atoms with Gasteiger partial charge >= 0.3 is 18.4 Å². The quantitative estimate of drug-likeness (QED) is 0.212. The highest BCUT2D eigenvalue weighted by Crippen LogP contribution is 2.48. The van der Waals surface area contributed by atoms with Gasteiger partial charge in [0.2, 0.25) is 0 Å². The van der Waals surface area contributed by atoms with E-state index < -0.39 is 39.7 Å². The van der Waals surface area contributed by atoms with Crippen LogP contribution in [-0.2, 0) is 21.8 Å². The molecule has 2 amide bonds. The minimum absolute atomic E-state index is 0.00706. The van der Waals surface area contributed by atoms with Gasteiger partial charge in [0.15, 0.2) is 5.78 Å². The molecule has 0 atom stereocenters. The van der Waals surface area contributed by atoms with Crippen LogP contribution in [0.5, 0.6) is 0 Å². The first-order valence-corrected chi connectivity index (χ1v) is 15.7. The van der Waals surface area contributed by atoms with Crippen molar-refractivity contribution in [1.82, 2.24) is 14.7 Å². The van der Waals surface area contributed by atoms with E-state index in [0.29, 0.717) is 96.0 Å². The second-order valence-electron chi connectivity index (χ2n) is 11.1. The van der Waals surface area contributed by atoms with Crippen LogP contribution in [-0.4, -0.2) is 98.3 Å². The van der Waals surface area contributed by atoms with Crippen LogP contribution in [0.1, 0.15) is 34.3 Å². The van der Waals surface area contributed by atoms with Crippen LogP contribution in [0.25, 0.3) is 0 Å². The average molecular weight is 673 g/mol. The number of rotatable bonds is 7. The molecule has 0 aliphatic carbocycles. The molecular weight excluding hydrogens is 638 g/mol. The molecule has 5 rings (SSSR count). The number of anilines is 1. The Balaban J connectivity index is 1.31. The maximum Gasteiger partial charge on any atom is 0.418 e. The number of allylic oxidation sites excluding steroid dienone is 1. The highest BCUT2D eigenvalue weighted by molar-refractivity contribution is 7.99. The molecule has 3 aliphatic heterocycles. The number of morpholine rings is 2. The number of ether oxygens (including phenoxy) is 2. The van der Waals surface area contributed by atoms with Crippen LogP contribution in [0.15, 0.2) is 58.5 Å². The zero-order valence-electron chi connectivity index (χ0n) is 24.8. The van der Waals surface area contributed by atoms with E-state index in [0.717, 1.165) is 18.2 Å². The molecule has 3 aliphatic rings. The third-order valence-electron chi connectivity index (χ3n) is 7.96. The molecule has 0 spiro atoms. The summed E-state index contributed by atoms with van der Waals surface area (Å²) >= 11 is 0.544. The fourth-order valence-electron chi connectivity index (χ4n) is 5.62. The molecule has 250 valence electrons. The number of alkyl halides is 6. The summed E-state index contributed by atoms with van der Waals surface area (Å²) in [4.78, 5) is 30.4. The van der Waals surface area contributed by atoms with Gasteiger partial charge in [0.25, 0.3) is 0 Å². The maximum atomic E-state index is 14.3. The van der Waals surface area contributed by atoms with Crippen LogP contribution in [0.2, 0.25) is 0 Å². The van der Waals surface area contributed by atoms with Gasteiger partial charge in [-0.05, 0) is 43.2 Å². The van der Waals surface area contributed by atoms with Crippen molar-refractivity contribution in [3.63, 3.8) is 0 Å². The average Bonchev–Trinajstić information content (AvgIpc) is 3.03. The molecular formula is C31H34F6N4O4S. The molecule has 46 heavy (non-hydrogen) atoms. The maximum absolute atomic E-state index is 14.3. The number of nitrogens with one attached hydrogen (secondary N) is 1. The molecule has 0 unspecified atom stereocenters. The summed E-state index contributed by atoms with van der Waals surface area (Å²) in [5, 5.41) is 3.34. The zero-order valence-corrected chi connectivity index (χ0v) is 25.6. The number of benzene rings is 2. The molecule has 2 aromatic carbocycles. The van der Waals surface area contributed by atoms with Crippen molar-refractivity contribution in [2.75, 3.05) is 71.0 Å². The van der Waals surface area contributed by atoms with Crippen molar-refractivity contribution >= 4 is 29.3 Å². The van der Waals surface area contributed by atoms with Crippen molar-refractivity contribution in [3.8, 4) is 0 Å². The van der Waals surface area contributed by atoms with E-state index in [4.69, 9.17) is 9.47 Å². The number of likely N-dealkylation sites (tertiary alicyclic amines) is 1. The van der Waals surface area contributed by atoms with Crippen molar-refractivity contribution in [1.29, 1.82) is 0 Å². The fraction of sp³-hybridized carbons (Fsp3) is 0.484. The van der Waals surface area contributed by atoms with Crippen LogP contribution in [0, 0.1) is 0 Å². The summed E-state index contributed by atoms with van der Waals surface area (Å²) in [6.45, 7) is 4.71. The molecule has 0 saturated carbocycles. The number of ketones is 1. The van der Waals surface area contributed by atoms with Gasteiger partial charge in [-0.2, -0.15) is 26.3 Å². The Morgan fingerprint density at radius 1 is 0.804 bits per heavy atom. The van der Waals surface area contributed by atoms with Gasteiger partial charge in [-0.15, -0.1) is 0 Å². The third kappa shape index (κ3) is 8.48. The Kier molecular flexibility index (Phi) is 10.7. The summed E-state index contributed by atoms with van der Waals surface area (Å²) in [6, 6.07) is 8.11. The van der Waals surface area contributed by atoms with Crippen LogP contribution < -0.4 is 5.32 Å². The number of nitrogens with zero attached hydrogens (tertiary/aromatic N) is 3. The molecule has 3 saturated heterocycles. The molecule has 15 heteroatoms. The Labute approximate surface area is 266 Å². The summed E-state index contributed by atoms with van der Waals surface area (Å²) in [7, 11) is 0. The highest BCUT2D eigenvalue weighted by atomic mass is 32.2. The largest absolute Gasteiger partial charge is 0.418 e. The Bertz CT molecular complexity index is 1420. The Hall–Kier alpha value is -3.43. The number of carbonyl (C=O) groups excluding carboxylic acids is 2. The van der Waals surface area contributed by atoms with E-state index in [2.05, 4.69) is 5.32 Å². The summed E-state index contributed by atoms with van der Waals surface area (Å²) in [5.74, 6) is -1.18. The first-order chi connectivity index (χ1) is 21.9. The second kappa shape index (κ2) is 14.6. The molecule has 8 nitrogen and oxygen atoms in total. The lowest BCUT2D eigenvalue weighted by atomic mass is 9.96. The van der Waals surface area contributed by atoms with E-state index >= 15 is 0 Å². The van der Waals surface area contributed by atoms with Gasteiger partial charge in [0, 0.05) is 78.6 Å². The SMILES string of the molecule is O=C(C=CN1CCOCC1)c1ccc(Sc2cccc(NC3CCN(C(=O)N4CCOCC4)CC3)c2)c(C(F)(F)F)c1C(F)(F)F. The van der Waals surface area contributed by atoms with Crippen LogP contribution >= 0.6 is 11.8 Å². The first kappa shape index (κ1) is 33.9. The number of piperidine rings is 1. The number of halogens is 6. The molecule has 1 N–H and O–H groups in total. The Morgan fingerprint density at radius 3 is 2.04 bits per heavy atom. The van der Waals surface area contributed by atoms with Gasteiger partial charge in [-0.1, -0.05) is 17.8 Å². The lowest BCUT2D eigenvalue weighted by Gasteiger charge is -2.37. The smallest absolute Gasteiger partial charge is 0.382 e. The van der Waals surface area contributed by atoms with Gasteiger partial charge in [-0.25, -0.2) is 4.79 Å². The predicted molar refractivity (Wildman–Crippen MR) is 159 cm³/mol. The summed E-state index contributed by atoms with van der Waals surface area (Å²) in [5.41, 5.74) is -4.38. The highest BCUT2D eigenvalue weighted by Gasteiger charge is 2.47. The van der Waals surface area contributed by atoms with E-state index in [1.165, 1.54) is 12.3 Å². The topological polar surface area (TPSA) is 74.4 Å². The molecule has 3 heterocycles. The van der Waals surface area contributed by atoms with Gasteiger partial charge in [-0.3, -0.25) is 4.79 Å². The van der Waals surface area contributed by atoms with Crippen molar-refractivity contribution in [2.24, 2.45) is 0 Å². The number of urea groups is 1. The van der Waals surface area contributed by atoms with Crippen LogP contribution in [0.4, 0.5) is 36.8 Å². The number of hydrogen-bond acceptors (Lipinski definition) is 7. The normalized spacial score (nSPS) is 18.7. The van der Waals surface area contributed by atoms with Crippen molar-refractivity contribution in [3.05, 3.63) is 65.4 Å². The molecule has 3 fully saturated rings. The van der Waals surface area contributed by atoms with Gasteiger partial charge in [0.05, 0.1) is 37.6 Å². The van der Waals surface area contributed by atoms with Gasteiger partial charge in [0.1, 0.15) is 0 Å². The molecule has 0 bridgehead atoms. The van der Waals surface area contributed by atoms with E-state index in [9.17, 15) is 35.9 Å². The third-order valence-corrected chi connectivity index (χ3v) is 9.01. The predicted octanol–water partition coefficient (Wildman–Crippen LogP) is 6.23. The lowest BCUT2D eigenvalue weighted by Crippen LogP contribution is -2.51. The standard InChI is InChI=1S/C31H34F6N4O4S/c32-30(33,34)27-24(25(42)8-9-39-12-16-44-17-13-39)4-5-26(28(27)31(35,36)37)46-23-3-1-2-22(20-23)38-21-6-10-40(11-7-21)29(43)41-14-18-45-19-15-41/h1-5,8-9,20-21,38H,6-7,10-19H2. The second-order valence-corrected chi connectivity index (χ2v) is 12.2. The van der Waals surface area contributed by atoms with E-state index in [1.54, 1.807) is 32.9 Å². The minimum atomic E-state index is -5.44. The number of carbonyl (C=O) groups is 2. The monoisotopic (exact) mass is 672 g/mol. The van der Waals surface area contributed by atoms with Crippen molar-refractivity contribution < 1.29 is 45.4 Å². The van der Waals surface area contributed by atoms with Gasteiger partial charge < -0.3 is 29.5 Å². The lowest BCUT2D eigenvalue weighted by molar-refractivity contribution is -0.163.